The van der Waals surface area contributed by atoms with Crippen molar-refractivity contribution in [3.05, 3.63) is 0 Å². The molecule has 0 aromatic rings. The van der Waals surface area contributed by atoms with Crippen LogP contribution in [0.25, 0.3) is 0 Å². The number of carbonyl (C=O) groups excluding carboxylic acids is 1. The minimum Gasteiger partial charge on any atom is -0.341 e. The predicted octanol–water partition coefficient (Wildman–Crippen LogP) is 0.853. The van der Waals surface area contributed by atoms with Crippen LogP contribution in [0.2, 0.25) is 0 Å². The summed E-state index contributed by atoms with van der Waals surface area (Å²) in [6.07, 6.45) is 2.56. The lowest BCUT2D eigenvalue weighted by molar-refractivity contribution is -0.133. The average molecular weight is 196 g/mol. The van der Waals surface area contributed by atoms with Gasteiger partial charge in [0.15, 0.2) is 0 Å². The summed E-state index contributed by atoms with van der Waals surface area (Å²) in [6, 6.07) is 0.575. The number of amides is 1. The van der Waals surface area contributed by atoms with E-state index >= 15 is 0 Å². The molecule has 2 rings (SSSR count). The Hall–Kier alpha value is -0.570. The summed E-state index contributed by atoms with van der Waals surface area (Å²) < 4.78 is 0. The smallest absolute Gasteiger partial charge is 0.225 e. The van der Waals surface area contributed by atoms with Crippen LogP contribution in [0.4, 0.5) is 0 Å². The maximum Gasteiger partial charge on any atom is 0.225 e. The van der Waals surface area contributed by atoms with Crippen molar-refractivity contribution >= 4 is 5.91 Å². The van der Waals surface area contributed by atoms with E-state index in [0.29, 0.717) is 17.9 Å². The van der Waals surface area contributed by atoms with Gasteiger partial charge in [0.2, 0.25) is 5.91 Å². The van der Waals surface area contributed by atoms with E-state index in [1.165, 1.54) is 12.8 Å². The summed E-state index contributed by atoms with van der Waals surface area (Å²) in [6.45, 7) is 7.01. The Labute approximate surface area is 85.8 Å². The molecule has 0 aromatic carbocycles. The fourth-order valence-corrected chi connectivity index (χ4v) is 2.59. The van der Waals surface area contributed by atoms with Crippen LogP contribution in [0, 0.1) is 11.8 Å². The third-order valence-electron chi connectivity index (χ3n) is 3.40. The zero-order valence-electron chi connectivity index (χ0n) is 9.12. The third kappa shape index (κ3) is 1.78. The highest BCUT2D eigenvalue weighted by Gasteiger charge is 2.36. The minimum atomic E-state index is 0.148. The van der Waals surface area contributed by atoms with Gasteiger partial charge in [-0.1, -0.05) is 13.8 Å². The summed E-state index contributed by atoms with van der Waals surface area (Å²) >= 11 is 0. The Morgan fingerprint density at radius 2 is 2.21 bits per heavy atom. The van der Waals surface area contributed by atoms with Gasteiger partial charge in [-0.2, -0.15) is 0 Å². The summed E-state index contributed by atoms with van der Waals surface area (Å²) in [5, 5.41) is 3.51. The van der Waals surface area contributed by atoms with E-state index in [2.05, 4.69) is 5.32 Å². The van der Waals surface area contributed by atoms with Crippen LogP contribution in [0.1, 0.15) is 26.7 Å². The molecular weight excluding hydrogens is 176 g/mol. The van der Waals surface area contributed by atoms with Crippen molar-refractivity contribution in [1.82, 2.24) is 10.2 Å². The molecule has 0 aliphatic carbocycles. The second-order valence-corrected chi connectivity index (χ2v) is 4.86. The fourth-order valence-electron chi connectivity index (χ4n) is 2.59. The summed E-state index contributed by atoms with van der Waals surface area (Å²) in [7, 11) is 0. The van der Waals surface area contributed by atoms with Crippen molar-refractivity contribution in [3.63, 3.8) is 0 Å². The van der Waals surface area contributed by atoms with Gasteiger partial charge < -0.3 is 10.2 Å². The highest BCUT2D eigenvalue weighted by atomic mass is 16.2. The maximum absolute atomic E-state index is 11.8. The Balaban J connectivity index is 1.95. The second-order valence-electron chi connectivity index (χ2n) is 4.86. The lowest BCUT2D eigenvalue weighted by atomic mass is 9.94. The van der Waals surface area contributed by atoms with Crippen molar-refractivity contribution in [2.24, 2.45) is 11.8 Å². The molecule has 2 atom stereocenters. The molecule has 2 heterocycles. The molecule has 1 N–H and O–H groups in total. The number of fused-ring (bicyclic) bond motifs is 1. The minimum absolute atomic E-state index is 0.148. The zero-order chi connectivity index (χ0) is 10.1. The van der Waals surface area contributed by atoms with Gasteiger partial charge in [-0.25, -0.2) is 0 Å². The first kappa shape index (κ1) is 9.97. The number of likely N-dealkylation sites (tertiary alicyclic amines) is 1. The highest BCUT2D eigenvalue weighted by Crippen LogP contribution is 2.25. The molecule has 2 aliphatic rings. The average Bonchev–Trinajstić information content (AvgIpc) is 2.59. The number of hydrogen-bond donors (Lipinski definition) is 1. The molecular formula is C11H20N2O. The highest BCUT2D eigenvalue weighted by molar-refractivity contribution is 5.78. The quantitative estimate of drug-likeness (QED) is 0.674. The monoisotopic (exact) mass is 196 g/mol. The van der Waals surface area contributed by atoms with Crippen molar-refractivity contribution in [1.29, 1.82) is 0 Å². The van der Waals surface area contributed by atoms with Crippen LogP contribution in [0.5, 0.6) is 0 Å². The first-order valence-corrected chi connectivity index (χ1v) is 5.70. The molecule has 0 unspecified atom stereocenters. The number of nitrogens with zero attached hydrogens (tertiary/aromatic N) is 1. The maximum atomic E-state index is 11.8. The molecule has 0 bridgehead atoms. The largest absolute Gasteiger partial charge is 0.341 e. The van der Waals surface area contributed by atoms with E-state index in [9.17, 15) is 4.79 Å². The molecule has 3 nitrogen and oxygen atoms in total. The molecule has 0 saturated carbocycles. The third-order valence-corrected chi connectivity index (χ3v) is 3.40. The van der Waals surface area contributed by atoms with Crippen molar-refractivity contribution < 1.29 is 4.79 Å². The van der Waals surface area contributed by atoms with Crippen molar-refractivity contribution in [2.45, 2.75) is 32.7 Å². The first-order valence-electron chi connectivity index (χ1n) is 5.70. The Morgan fingerprint density at radius 3 is 2.86 bits per heavy atom. The molecule has 2 fully saturated rings. The summed E-state index contributed by atoms with van der Waals surface area (Å²) in [4.78, 5) is 13.8. The van der Waals surface area contributed by atoms with Gasteiger partial charge in [0.25, 0.3) is 0 Å². The van der Waals surface area contributed by atoms with Crippen LogP contribution >= 0.6 is 0 Å². The molecule has 2 saturated heterocycles. The lowest BCUT2D eigenvalue weighted by Gasteiger charge is -2.24. The normalized spacial score (nSPS) is 32.1. The van der Waals surface area contributed by atoms with E-state index in [-0.39, 0.29) is 5.92 Å². The zero-order valence-corrected chi connectivity index (χ0v) is 9.12. The van der Waals surface area contributed by atoms with E-state index in [4.69, 9.17) is 0 Å². The summed E-state index contributed by atoms with van der Waals surface area (Å²) in [5.74, 6) is 1.18. The number of carbonyl (C=O) groups is 1. The Bertz CT molecular complexity index is 213. The van der Waals surface area contributed by atoms with Gasteiger partial charge in [0.1, 0.15) is 0 Å². The summed E-state index contributed by atoms with van der Waals surface area (Å²) in [5.41, 5.74) is 0. The van der Waals surface area contributed by atoms with E-state index in [1.807, 2.05) is 18.7 Å². The Kier molecular flexibility index (Phi) is 2.77. The van der Waals surface area contributed by atoms with Gasteiger partial charge in [0.05, 0.1) is 0 Å². The van der Waals surface area contributed by atoms with Gasteiger partial charge in [-0.05, 0) is 25.3 Å². The van der Waals surface area contributed by atoms with Gasteiger partial charge in [0, 0.05) is 25.0 Å². The van der Waals surface area contributed by atoms with E-state index in [0.717, 1.165) is 19.6 Å². The van der Waals surface area contributed by atoms with Crippen molar-refractivity contribution in [3.8, 4) is 0 Å². The SMILES string of the molecule is CC(C)C(=O)N1C[C@@H]2CCCN[C@@H]2C1. The number of rotatable bonds is 1. The standard InChI is InChI=1S/C11H20N2O/c1-8(2)11(14)13-6-9-4-3-5-12-10(9)7-13/h8-10,12H,3-7H2,1-2H3/t9-,10+/m0/s1. The molecule has 0 radical (unpaired) electrons. The molecule has 3 heteroatoms. The van der Waals surface area contributed by atoms with Crippen LogP contribution in [0.15, 0.2) is 0 Å². The lowest BCUT2D eigenvalue weighted by Crippen LogP contribution is -2.41. The number of nitrogens with one attached hydrogen (secondary N) is 1. The van der Waals surface area contributed by atoms with Crippen LogP contribution in [0.3, 0.4) is 0 Å². The molecule has 2 aliphatic heterocycles. The molecule has 0 aromatic heterocycles. The van der Waals surface area contributed by atoms with Gasteiger partial charge in [-0.15, -0.1) is 0 Å². The molecule has 14 heavy (non-hydrogen) atoms. The number of hydrogen-bond acceptors (Lipinski definition) is 2. The Morgan fingerprint density at radius 1 is 1.43 bits per heavy atom. The van der Waals surface area contributed by atoms with Gasteiger partial charge >= 0.3 is 0 Å². The van der Waals surface area contributed by atoms with E-state index < -0.39 is 0 Å². The van der Waals surface area contributed by atoms with Crippen molar-refractivity contribution in [2.75, 3.05) is 19.6 Å². The first-order chi connectivity index (χ1) is 6.68. The van der Waals surface area contributed by atoms with Crippen LogP contribution in [-0.4, -0.2) is 36.5 Å². The molecule has 0 spiro atoms. The van der Waals surface area contributed by atoms with Gasteiger partial charge in [-0.3, -0.25) is 4.79 Å². The molecule has 1 amide bonds. The predicted molar refractivity (Wildman–Crippen MR) is 55.9 cm³/mol. The second kappa shape index (κ2) is 3.89. The van der Waals surface area contributed by atoms with Crippen LogP contribution in [-0.2, 0) is 4.79 Å². The fraction of sp³-hybridized carbons (Fsp3) is 0.909. The molecule has 80 valence electrons. The topological polar surface area (TPSA) is 32.3 Å². The van der Waals surface area contributed by atoms with Crippen LogP contribution < -0.4 is 5.32 Å². The van der Waals surface area contributed by atoms with E-state index in [1.54, 1.807) is 0 Å². The number of piperidine rings is 1.